The maximum absolute atomic E-state index is 11.9. The van der Waals surface area contributed by atoms with Crippen molar-refractivity contribution in [3.63, 3.8) is 0 Å². The Kier molecular flexibility index (Phi) is 6.48. The van der Waals surface area contributed by atoms with Gasteiger partial charge in [0.25, 0.3) is 5.91 Å². The van der Waals surface area contributed by atoms with Gasteiger partial charge >= 0.3 is 0 Å². The van der Waals surface area contributed by atoms with Crippen LogP contribution in [0.4, 0.5) is 0 Å². The molecule has 0 aromatic heterocycles. The van der Waals surface area contributed by atoms with Crippen molar-refractivity contribution < 1.29 is 14.7 Å². The molecule has 5 nitrogen and oxygen atoms in total. The molecule has 0 bridgehead atoms. The summed E-state index contributed by atoms with van der Waals surface area (Å²) in [6, 6.07) is 5.42. The number of rotatable bonds is 6. The number of nitrogens with one attached hydrogen (secondary N) is 2. The van der Waals surface area contributed by atoms with E-state index in [1.807, 2.05) is 6.92 Å². The summed E-state index contributed by atoms with van der Waals surface area (Å²) in [5.74, 6) is -0.672. The molecular weight excluding hydrogens is 280 g/mol. The third-order valence-corrected chi connectivity index (χ3v) is 3.16. The monoisotopic (exact) mass is 298 g/mol. The summed E-state index contributed by atoms with van der Waals surface area (Å²) in [7, 11) is 0. The molecule has 0 fully saturated rings. The highest BCUT2D eigenvalue weighted by atomic mass is 35.5. The fourth-order valence-corrected chi connectivity index (χ4v) is 1.68. The standard InChI is InChI=1S/C14H19ClN2O3/c1-3-12(8-18)17-13(19)9(2)16-14(20)10-4-6-11(15)7-5-10/h4-7,9,12,18H,3,8H2,1-2H3,(H,16,20)(H,17,19). The van der Waals surface area contributed by atoms with Crippen molar-refractivity contribution in [2.75, 3.05) is 6.61 Å². The van der Waals surface area contributed by atoms with Crippen LogP contribution in [0.3, 0.4) is 0 Å². The van der Waals surface area contributed by atoms with Crippen molar-refractivity contribution in [1.82, 2.24) is 10.6 Å². The molecule has 0 saturated heterocycles. The zero-order valence-corrected chi connectivity index (χ0v) is 12.3. The molecule has 110 valence electrons. The van der Waals surface area contributed by atoms with Crippen molar-refractivity contribution in [2.24, 2.45) is 0 Å². The van der Waals surface area contributed by atoms with Gasteiger partial charge in [0.1, 0.15) is 6.04 Å². The highest BCUT2D eigenvalue weighted by molar-refractivity contribution is 6.30. The van der Waals surface area contributed by atoms with E-state index >= 15 is 0 Å². The Balaban J connectivity index is 2.56. The molecule has 2 amide bonds. The molecule has 0 aliphatic rings. The van der Waals surface area contributed by atoms with Gasteiger partial charge in [-0.25, -0.2) is 0 Å². The third-order valence-electron chi connectivity index (χ3n) is 2.91. The van der Waals surface area contributed by atoms with Gasteiger partial charge in [0.2, 0.25) is 5.91 Å². The lowest BCUT2D eigenvalue weighted by Gasteiger charge is -2.18. The van der Waals surface area contributed by atoms with Gasteiger partial charge < -0.3 is 15.7 Å². The molecule has 2 unspecified atom stereocenters. The molecule has 0 aliphatic carbocycles. The van der Waals surface area contributed by atoms with Crippen LogP contribution in [0.5, 0.6) is 0 Å². The minimum absolute atomic E-state index is 0.125. The largest absolute Gasteiger partial charge is 0.394 e. The molecule has 20 heavy (non-hydrogen) atoms. The minimum atomic E-state index is -0.682. The summed E-state index contributed by atoms with van der Waals surface area (Å²) in [6.45, 7) is 3.32. The number of hydrogen-bond acceptors (Lipinski definition) is 3. The van der Waals surface area contributed by atoms with Gasteiger partial charge in [-0.15, -0.1) is 0 Å². The van der Waals surface area contributed by atoms with Crippen LogP contribution in [0.25, 0.3) is 0 Å². The molecular formula is C14H19ClN2O3. The van der Waals surface area contributed by atoms with Gasteiger partial charge in [0.05, 0.1) is 12.6 Å². The van der Waals surface area contributed by atoms with Crippen molar-refractivity contribution in [3.05, 3.63) is 34.9 Å². The van der Waals surface area contributed by atoms with Crippen LogP contribution < -0.4 is 10.6 Å². The number of hydrogen-bond donors (Lipinski definition) is 3. The van der Waals surface area contributed by atoms with E-state index in [9.17, 15) is 9.59 Å². The summed E-state index contributed by atoms with van der Waals surface area (Å²) in [5.41, 5.74) is 0.434. The Hall–Kier alpha value is -1.59. The van der Waals surface area contributed by atoms with E-state index in [0.717, 1.165) is 0 Å². The molecule has 3 N–H and O–H groups in total. The second-order valence-corrected chi connectivity index (χ2v) is 4.93. The van der Waals surface area contributed by atoms with E-state index in [-0.39, 0.29) is 24.5 Å². The first kappa shape index (κ1) is 16.5. The molecule has 2 atom stereocenters. The third kappa shape index (κ3) is 4.83. The number of halogens is 1. The van der Waals surface area contributed by atoms with Crippen LogP contribution in [0, 0.1) is 0 Å². The first-order chi connectivity index (χ1) is 9.47. The Morgan fingerprint density at radius 2 is 1.85 bits per heavy atom. The van der Waals surface area contributed by atoms with E-state index in [4.69, 9.17) is 16.7 Å². The number of carbonyl (C=O) groups is 2. The van der Waals surface area contributed by atoms with E-state index in [1.165, 1.54) is 0 Å². The molecule has 1 aromatic carbocycles. The lowest BCUT2D eigenvalue weighted by molar-refractivity contribution is -0.123. The quantitative estimate of drug-likeness (QED) is 0.742. The Morgan fingerprint density at radius 1 is 1.25 bits per heavy atom. The van der Waals surface area contributed by atoms with Gasteiger partial charge in [0, 0.05) is 10.6 Å². The van der Waals surface area contributed by atoms with Gasteiger partial charge in [-0.3, -0.25) is 9.59 Å². The predicted octanol–water partition coefficient (Wildman–Crippen LogP) is 1.35. The average Bonchev–Trinajstić information content (AvgIpc) is 2.44. The zero-order chi connectivity index (χ0) is 15.1. The summed E-state index contributed by atoms with van der Waals surface area (Å²) < 4.78 is 0. The lowest BCUT2D eigenvalue weighted by atomic mass is 10.2. The molecule has 0 spiro atoms. The molecule has 0 aliphatic heterocycles. The Bertz CT molecular complexity index is 458. The highest BCUT2D eigenvalue weighted by Crippen LogP contribution is 2.09. The minimum Gasteiger partial charge on any atom is -0.394 e. The maximum Gasteiger partial charge on any atom is 0.251 e. The zero-order valence-electron chi connectivity index (χ0n) is 11.5. The van der Waals surface area contributed by atoms with Crippen molar-refractivity contribution in [1.29, 1.82) is 0 Å². The molecule has 1 aromatic rings. The lowest BCUT2D eigenvalue weighted by Crippen LogP contribution is -2.48. The fourth-order valence-electron chi connectivity index (χ4n) is 1.55. The predicted molar refractivity (Wildman–Crippen MR) is 77.7 cm³/mol. The number of aliphatic hydroxyl groups excluding tert-OH is 1. The number of aliphatic hydroxyl groups is 1. The van der Waals surface area contributed by atoms with Gasteiger partial charge in [-0.2, -0.15) is 0 Å². The number of carbonyl (C=O) groups excluding carboxylic acids is 2. The van der Waals surface area contributed by atoms with Gasteiger partial charge in [-0.1, -0.05) is 18.5 Å². The fraction of sp³-hybridized carbons (Fsp3) is 0.429. The van der Waals surface area contributed by atoms with Gasteiger partial charge in [-0.05, 0) is 37.6 Å². The Morgan fingerprint density at radius 3 is 2.35 bits per heavy atom. The van der Waals surface area contributed by atoms with Crippen LogP contribution in [-0.2, 0) is 4.79 Å². The molecule has 0 saturated carbocycles. The molecule has 0 radical (unpaired) electrons. The SMILES string of the molecule is CCC(CO)NC(=O)C(C)NC(=O)c1ccc(Cl)cc1. The summed E-state index contributed by atoms with van der Waals surface area (Å²) in [4.78, 5) is 23.7. The van der Waals surface area contributed by atoms with Crippen LogP contribution >= 0.6 is 11.6 Å². The Labute approximate surface area is 123 Å². The van der Waals surface area contributed by atoms with E-state index in [2.05, 4.69) is 10.6 Å². The van der Waals surface area contributed by atoms with E-state index in [0.29, 0.717) is 17.0 Å². The second kappa shape index (κ2) is 7.87. The van der Waals surface area contributed by atoms with Crippen molar-refractivity contribution in [2.45, 2.75) is 32.4 Å². The average molecular weight is 299 g/mol. The van der Waals surface area contributed by atoms with E-state index in [1.54, 1.807) is 31.2 Å². The van der Waals surface area contributed by atoms with Crippen LogP contribution in [0.2, 0.25) is 5.02 Å². The van der Waals surface area contributed by atoms with Crippen molar-refractivity contribution in [3.8, 4) is 0 Å². The second-order valence-electron chi connectivity index (χ2n) is 4.50. The van der Waals surface area contributed by atoms with Crippen LogP contribution in [0.15, 0.2) is 24.3 Å². The molecule has 0 heterocycles. The highest BCUT2D eigenvalue weighted by Gasteiger charge is 2.18. The number of amides is 2. The maximum atomic E-state index is 11.9. The summed E-state index contributed by atoms with van der Waals surface area (Å²) in [5, 5.41) is 14.8. The first-order valence-electron chi connectivity index (χ1n) is 6.45. The van der Waals surface area contributed by atoms with E-state index < -0.39 is 6.04 Å². The summed E-state index contributed by atoms with van der Waals surface area (Å²) >= 11 is 5.74. The molecule has 6 heteroatoms. The summed E-state index contributed by atoms with van der Waals surface area (Å²) in [6.07, 6.45) is 0.625. The van der Waals surface area contributed by atoms with Crippen LogP contribution in [0.1, 0.15) is 30.6 Å². The number of benzene rings is 1. The van der Waals surface area contributed by atoms with Crippen molar-refractivity contribution >= 4 is 23.4 Å². The molecule has 1 rings (SSSR count). The first-order valence-corrected chi connectivity index (χ1v) is 6.83. The van der Waals surface area contributed by atoms with Gasteiger partial charge in [0.15, 0.2) is 0 Å². The smallest absolute Gasteiger partial charge is 0.251 e. The van der Waals surface area contributed by atoms with Crippen LogP contribution in [-0.4, -0.2) is 35.6 Å². The topological polar surface area (TPSA) is 78.4 Å². The normalized spacial score (nSPS) is 13.4.